The van der Waals surface area contributed by atoms with Gasteiger partial charge in [-0.05, 0) is 43.7 Å². The molecular formula is C27H22N2O4. The fourth-order valence-corrected chi connectivity index (χ4v) is 3.62. The van der Waals surface area contributed by atoms with E-state index in [9.17, 15) is 14.4 Å². The second-order valence-electron chi connectivity index (χ2n) is 7.71. The van der Waals surface area contributed by atoms with Crippen LogP contribution in [-0.4, -0.2) is 29.4 Å². The number of amides is 2. The SMILES string of the molecule is Cc1ccc(-c2cc(C(=O)OCC(=O)NC(=O)c3ccccc3)c3ccccc3n2)c(C)c1. The first-order valence-corrected chi connectivity index (χ1v) is 10.5. The van der Waals surface area contributed by atoms with Crippen LogP contribution in [0.25, 0.3) is 22.2 Å². The van der Waals surface area contributed by atoms with Gasteiger partial charge in [0.2, 0.25) is 0 Å². The number of hydrogen-bond donors (Lipinski definition) is 1. The van der Waals surface area contributed by atoms with E-state index in [1.165, 1.54) is 0 Å². The third-order valence-electron chi connectivity index (χ3n) is 5.22. The molecule has 0 saturated carbocycles. The number of para-hydroxylation sites is 1. The summed E-state index contributed by atoms with van der Waals surface area (Å²) in [5.41, 5.74) is 5.01. The molecule has 2 amide bonds. The van der Waals surface area contributed by atoms with E-state index in [0.29, 0.717) is 27.7 Å². The van der Waals surface area contributed by atoms with Crippen molar-refractivity contribution in [2.75, 3.05) is 6.61 Å². The molecule has 0 aliphatic heterocycles. The van der Waals surface area contributed by atoms with Gasteiger partial charge in [-0.2, -0.15) is 0 Å². The van der Waals surface area contributed by atoms with Crippen molar-refractivity contribution in [2.24, 2.45) is 0 Å². The number of nitrogens with zero attached hydrogens (tertiary/aromatic N) is 1. The third-order valence-corrected chi connectivity index (χ3v) is 5.22. The van der Waals surface area contributed by atoms with Crippen LogP contribution in [0.3, 0.4) is 0 Å². The minimum atomic E-state index is -0.704. The molecule has 4 rings (SSSR count). The Balaban J connectivity index is 1.56. The maximum absolute atomic E-state index is 12.9. The minimum Gasteiger partial charge on any atom is -0.452 e. The lowest BCUT2D eigenvalue weighted by atomic mass is 9.99. The first kappa shape index (κ1) is 21.9. The van der Waals surface area contributed by atoms with Gasteiger partial charge in [0.15, 0.2) is 6.61 Å². The number of benzene rings is 3. The zero-order valence-electron chi connectivity index (χ0n) is 18.3. The first-order valence-electron chi connectivity index (χ1n) is 10.5. The van der Waals surface area contributed by atoms with Crippen LogP contribution < -0.4 is 5.32 Å². The molecule has 0 spiro atoms. The second kappa shape index (κ2) is 9.44. The van der Waals surface area contributed by atoms with Gasteiger partial charge in [0.05, 0.1) is 16.8 Å². The Kier molecular flexibility index (Phi) is 6.26. The van der Waals surface area contributed by atoms with E-state index in [2.05, 4.69) is 11.4 Å². The molecule has 6 heteroatoms. The summed E-state index contributed by atoms with van der Waals surface area (Å²) in [7, 11) is 0. The molecule has 4 aromatic rings. The number of ether oxygens (including phenoxy) is 1. The van der Waals surface area contributed by atoms with Crippen LogP contribution in [0.1, 0.15) is 31.8 Å². The topological polar surface area (TPSA) is 85.4 Å². The molecule has 1 heterocycles. The predicted molar refractivity (Wildman–Crippen MR) is 126 cm³/mol. The molecule has 0 bridgehead atoms. The van der Waals surface area contributed by atoms with Gasteiger partial charge in [-0.1, -0.05) is 60.2 Å². The van der Waals surface area contributed by atoms with Gasteiger partial charge in [-0.15, -0.1) is 0 Å². The van der Waals surface area contributed by atoms with Gasteiger partial charge >= 0.3 is 5.97 Å². The Morgan fingerprint density at radius 2 is 1.61 bits per heavy atom. The Hall–Kier alpha value is -4.32. The molecule has 0 unspecified atom stereocenters. The molecule has 0 atom stereocenters. The maximum Gasteiger partial charge on any atom is 0.339 e. The number of imide groups is 1. The number of aryl methyl sites for hydroxylation is 2. The van der Waals surface area contributed by atoms with E-state index < -0.39 is 24.4 Å². The normalized spacial score (nSPS) is 10.6. The largest absolute Gasteiger partial charge is 0.452 e. The van der Waals surface area contributed by atoms with E-state index in [4.69, 9.17) is 9.72 Å². The average Bonchev–Trinajstić information content (AvgIpc) is 2.82. The van der Waals surface area contributed by atoms with Crippen molar-refractivity contribution in [3.8, 4) is 11.3 Å². The number of aromatic nitrogens is 1. The standard InChI is InChI=1S/C27H22N2O4/c1-17-12-13-20(18(2)14-17)24-15-22(21-10-6-7-11-23(21)28-24)27(32)33-16-25(30)29-26(31)19-8-4-3-5-9-19/h3-15H,16H2,1-2H3,(H,29,30,31). The van der Waals surface area contributed by atoms with Crippen LogP contribution in [0.15, 0.2) is 78.9 Å². The van der Waals surface area contributed by atoms with Crippen LogP contribution in [0.4, 0.5) is 0 Å². The highest BCUT2D eigenvalue weighted by molar-refractivity contribution is 6.07. The van der Waals surface area contributed by atoms with Crippen molar-refractivity contribution >= 4 is 28.7 Å². The Morgan fingerprint density at radius 1 is 0.879 bits per heavy atom. The Labute approximate surface area is 191 Å². The summed E-state index contributed by atoms with van der Waals surface area (Å²) >= 11 is 0. The first-order chi connectivity index (χ1) is 15.9. The summed E-state index contributed by atoms with van der Waals surface area (Å²) < 4.78 is 5.24. The minimum absolute atomic E-state index is 0.303. The number of rotatable bonds is 5. The molecule has 0 aliphatic rings. The van der Waals surface area contributed by atoms with Crippen LogP contribution in [0.2, 0.25) is 0 Å². The zero-order valence-corrected chi connectivity index (χ0v) is 18.3. The summed E-state index contributed by atoms with van der Waals surface area (Å²) in [5, 5.41) is 2.84. The van der Waals surface area contributed by atoms with E-state index in [0.717, 1.165) is 16.7 Å². The molecule has 0 aliphatic carbocycles. The van der Waals surface area contributed by atoms with E-state index in [1.807, 2.05) is 44.2 Å². The maximum atomic E-state index is 12.9. The van der Waals surface area contributed by atoms with E-state index >= 15 is 0 Å². The second-order valence-corrected chi connectivity index (χ2v) is 7.71. The predicted octanol–water partition coefficient (Wildman–Crippen LogP) is 4.63. The van der Waals surface area contributed by atoms with Gasteiger partial charge in [0.25, 0.3) is 11.8 Å². The third kappa shape index (κ3) is 4.96. The molecule has 3 aromatic carbocycles. The van der Waals surface area contributed by atoms with E-state index in [-0.39, 0.29) is 0 Å². The monoisotopic (exact) mass is 438 g/mol. The van der Waals surface area contributed by atoms with Gasteiger partial charge < -0.3 is 4.74 Å². The van der Waals surface area contributed by atoms with Crippen LogP contribution in [0, 0.1) is 13.8 Å². The highest BCUT2D eigenvalue weighted by atomic mass is 16.5. The molecule has 33 heavy (non-hydrogen) atoms. The van der Waals surface area contributed by atoms with Crippen LogP contribution in [-0.2, 0) is 9.53 Å². The number of pyridine rings is 1. The van der Waals surface area contributed by atoms with Gasteiger partial charge in [0.1, 0.15) is 0 Å². The highest BCUT2D eigenvalue weighted by Crippen LogP contribution is 2.28. The zero-order chi connectivity index (χ0) is 23.4. The summed E-state index contributed by atoms with van der Waals surface area (Å²) in [6.07, 6.45) is 0. The smallest absolute Gasteiger partial charge is 0.339 e. The molecule has 6 nitrogen and oxygen atoms in total. The number of nitrogens with one attached hydrogen (secondary N) is 1. The summed E-state index contributed by atoms with van der Waals surface area (Å²) in [4.78, 5) is 41.9. The van der Waals surface area contributed by atoms with Crippen molar-refractivity contribution in [2.45, 2.75) is 13.8 Å². The van der Waals surface area contributed by atoms with Crippen molar-refractivity contribution in [3.63, 3.8) is 0 Å². The lowest BCUT2D eigenvalue weighted by Gasteiger charge is -2.12. The number of hydrogen-bond acceptors (Lipinski definition) is 5. The molecule has 0 radical (unpaired) electrons. The molecule has 164 valence electrons. The molecular weight excluding hydrogens is 416 g/mol. The number of fused-ring (bicyclic) bond motifs is 1. The van der Waals surface area contributed by atoms with Gasteiger partial charge in [0, 0.05) is 16.5 Å². The van der Waals surface area contributed by atoms with Crippen LogP contribution in [0.5, 0.6) is 0 Å². The number of carbonyl (C=O) groups is 3. The molecule has 0 saturated heterocycles. The Bertz CT molecular complexity index is 1360. The van der Waals surface area contributed by atoms with Gasteiger partial charge in [-0.3, -0.25) is 14.9 Å². The highest BCUT2D eigenvalue weighted by Gasteiger charge is 2.18. The number of esters is 1. The summed E-state index contributed by atoms with van der Waals surface area (Å²) in [5.74, 6) is -1.92. The summed E-state index contributed by atoms with van der Waals surface area (Å²) in [6.45, 7) is 3.43. The van der Waals surface area contributed by atoms with Crippen LogP contribution >= 0.6 is 0 Å². The summed E-state index contributed by atoms with van der Waals surface area (Å²) in [6, 6.07) is 23.3. The number of carbonyl (C=O) groups excluding carboxylic acids is 3. The molecule has 0 fully saturated rings. The van der Waals surface area contributed by atoms with E-state index in [1.54, 1.807) is 42.5 Å². The van der Waals surface area contributed by atoms with Crippen molar-refractivity contribution in [1.29, 1.82) is 0 Å². The molecule has 1 N–H and O–H groups in total. The fourth-order valence-electron chi connectivity index (χ4n) is 3.62. The molecule has 1 aromatic heterocycles. The quantitative estimate of drug-likeness (QED) is 0.459. The lowest BCUT2D eigenvalue weighted by molar-refractivity contribution is -0.123. The Morgan fingerprint density at radius 3 is 2.36 bits per heavy atom. The van der Waals surface area contributed by atoms with Crippen molar-refractivity contribution < 1.29 is 19.1 Å². The van der Waals surface area contributed by atoms with Crippen molar-refractivity contribution in [3.05, 3.63) is 101 Å². The van der Waals surface area contributed by atoms with Crippen molar-refractivity contribution in [1.82, 2.24) is 10.3 Å². The van der Waals surface area contributed by atoms with Gasteiger partial charge in [-0.25, -0.2) is 9.78 Å². The fraction of sp³-hybridized carbons (Fsp3) is 0.111. The lowest BCUT2D eigenvalue weighted by Crippen LogP contribution is -2.34. The average molecular weight is 438 g/mol.